The molecule has 0 radical (unpaired) electrons. The van der Waals surface area contributed by atoms with Gasteiger partial charge in [0.2, 0.25) is 0 Å². The first-order chi connectivity index (χ1) is 6.35. The third-order valence-corrected chi connectivity index (χ3v) is 1.63. The van der Waals surface area contributed by atoms with Crippen molar-refractivity contribution in [2.75, 3.05) is 33.7 Å². The van der Waals surface area contributed by atoms with Crippen LogP contribution >= 0.6 is 0 Å². The summed E-state index contributed by atoms with van der Waals surface area (Å²) in [5, 5.41) is 0. The van der Waals surface area contributed by atoms with Gasteiger partial charge in [-0.1, -0.05) is 13.3 Å². The lowest BCUT2D eigenvalue weighted by atomic mass is 10.3. The first-order valence-electron chi connectivity index (χ1n) is 4.73. The minimum Gasteiger partial charge on any atom is -0.382 e. The molecule has 0 rings (SSSR count). The number of hydrogen-bond donors (Lipinski definition) is 1. The molecule has 0 aliphatic carbocycles. The largest absolute Gasteiger partial charge is 0.382 e. The Morgan fingerprint density at radius 3 is 2.62 bits per heavy atom. The van der Waals surface area contributed by atoms with E-state index >= 15 is 0 Å². The molecule has 0 aliphatic rings. The Kier molecular flexibility index (Phi) is 9.80. The minimum atomic E-state index is -0.0353. The maximum absolute atomic E-state index is 5.38. The van der Waals surface area contributed by atoms with Gasteiger partial charge in [-0.3, -0.25) is 0 Å². The van der Waals surface area contributed by atoms with Gasteiger partial charge < -0.3 is 19.9 Å². The number of methoxy groups -OCH3 is 1. The summed E-state index contributed by atoms with van der Waals surface area (Å²) >= 11 is 0. The van der Waals surface area contributed by atoms with Crippen LogP contribution in [0.2, 0.25) is 0 Å². The highest BCUT2D eigenvalue weighted by Crippen LogP contribution is 1.95. The molecule has 1 unspecified atom stereocenters. The lowest BCUT2D eigenvalue weighted by Crippen LogP contribution is -2.27. The Bertz CT molecular complexity index is 94.9. The van der Waals surface area contributed by atoms with Crippen molar-refractivity contribution in [1.29, 1.82) is 0 Å². The number of rotatable bonds is 9. The average Bonchev–Trinajstić information content (AvgIpc) is 2.13. The third kappa shape index (κ3) is 8.18. The normalized spacial score (nSPS) is 13.2. The molecule has 0 saturated carbocycles. The van der Waals surface area contributed by atoms with Gasteiger partial charge >= 0.3 is 0 Å². The van der Waals surface area contributed by atoms with Gasteiger partial charge in [0.25, 0.3) is 0 Å². The van der Waals surface area contributed by atoms with E-state index in [1.165, 1.54) is 0 Å². The van der Waals surface area contributed by atoms with E-state index in [9.17, 15) is 0 Å². The first kappa shape index (κ1) is 12.8. The molecular formula is C9H21NO3. The van der Waals surface area contributed by atoms with Crippen molar-refractivity contribution in [1.82, 2.24) is 0 Å². The highest BCUT2D eigenvalue weighted by Gasteiger charge is 2.07. The fraction of sp³-hybridized carbons (Fsp3) is 1.00. The Morgan fingerprint density at radius 1 is 1.31 bits per heavy atom. The van der Waals surface area contributed by atoms with E-state index in [1.807, 2.05) is 0 Å². The second-order valence-corrected chi connectivity index (χ2v) is 2.84. The SMILES string of the molecule is CCCCOCC(COC)OCN. The van der Waals surface area contributed by atoms with Crippen LogP contribution in [0.1, 0.15) is 19.8 Å². The van der Waals surface area contributed by atoms with Crippen LogP contribution in [0.3, 0.4) is 0 Å². The van der Waals surface area contributed by atoms with Gasteiger partial charge in [0.15, 0.2) is 0 Å². The van der Waals surface area contributed by atoms with Gasteiger partial charge in [-0.05, 0) is 6.42 Å². The Balaban J connectivity index is 3.33. The molecule has 13 heavy (non-hydrogen) atoms. The predicted octanol–water partition coefficient (Wildman–Crippen LogP) is 0.751. The molecule has 4 nitrogen and oxygen atoms in total. The van der Waals surface area contributed by atoms with Gasteiger partial charge in [0.1, 0.15) is 6.10 Å². The third-order valence-electron chi connectivity index (χ3n) is 1.63. The molecule has 0 spiro atoms. The van der Waals surface area contributed by atoms with Crippen molar-refractivity contribution in [2.24, 2.45) is 5.73 Å². The van der Waals surface area contributed by atoms with Crippen molar-refractivity contribution in [3.63, 3.8) is 0 Å². The molecule has 0 aromatic heterocycles. The molecule has 1 atom stereocenters. The Hall–Kier alpha value is -0.160. The van der Waals surface area contributed by atoms with E-state index in [-0.39, 0.29) is 12.8 Å². The van der Waals surface area contributed by atoms with Crippen molar-refractivity contribution in [3.8, 4) is 0 Å². The van der Waals surface area contributed by atoms with Crippen LogP contribution < -0.4 is 5.73 Å². The number of unbranched alkanes of at least 4 members (excludes halogenated alkanes) is 1. The smallest absolute Gasteiger partial charge is 0.106 e. The first-order valence-corrected chi connectivity index (χ1v) is 4.73. The standard InChI is InChI=1S/C9H21NO3/c1-3-4-5-12-7-9(6-11-2)13-8-10/h9H,3-8,10H2,1-2H3. The van der Waals surface area contributed by atoms with Crippen LogP contribution in [-0.2, 0) is 14.2 Å². The fourth-order valence-electron chi connectivity index (χ4n) is 0.927. The van der Waals surface area contributed by atoms with E-state index in [0.29, 0.717) is 13.2 Å². The summed E-state index contributed by atoms with van der Waals surface area (Å²) in [6, 6.07) is 0. The monoisotopic (exact) mass is 191 g/mol. The summed E-state index contributed by atoms with van der Waals surface area (Å²) in [7, 11) is 1.64. The summed E-state index contributed by atoms with van der Waals surface area (Å²) < 4.78 is 15.5. The fourth-order valence-corrected chi connectivity index (χ4v) is 0.927. The summed E-state index contributed by atoms with van der Waals surface area (Å²) in [4.78, 5) is 0. The molecule has 0 aromatic carbocycles. The molecule has 0 aromatic rings. The molecule has 0 fully saturated rings. The molecule has 0 amide bonds. The summed E-state index contributed by atoms with van der Waals surface area (Å²) in [6.07, 6.45) is 2.20. The van der Waals surface area contributed by atoms with E-state index in [2.05, 4.69) is 6.92 Å². The van der Waals surface area contributed by atoms with E-state index in [0.717, 1.165) is 19.4 Å². The predicted molar refractivity (Wildman–Crippen MR) is 51.5 cm³/mol. The van der Waals surface area contributed by atoms with Crippen LogP contribution in [0, 0.1) is 0 Å². The van der Waals surface area contributed by atoms with Crippen molar-refractivity contribution in [2.45, 2.75) is 25.9 Å². The second-order valence-electron chi connectivity index (χ2n) is 2.84. The molecule has 80 valence electrons. The van der Waals surface area contributed by atoms with Crippen molar-refractivity contribution >= 4 is 0 Å². The summed E-state index contributed by atoms with van der Waals surface area (Å²) in [6.45, 7) is 4.22. The van der Waals surface area contributed by atoms with Crippen LogP contribution in [0.15, 0.2) is 0 Å². The molecule has 4 heteroatoms. The molecule has 0 heterocycles. The van der Waals surface area contributed by atoms with E-state index < -0.39 is 0 Å². The lowest BCUT2D eigenvalue weighted by molar-refractivity contribution is -0.0495. The zero-order valence-corrected chi connectivity index (χ0v) is 8.62. The van der Waals surface area contributed by atoms with E-state index in [1.54, 1.807) is 7.11 Å². The second kappa shape index (κ2) is 9.92. The van der Waals surface area contributed by atoms with Crippen LogP contribution in [0.25, 0.3) is 0 Å². The molecule has 2 N–H and O–H groups in total. The molecule has 0 bridgehead atoms. The lowest BCUT2D eigenvalue weighted by Gasteiger charge is -2.15. The van der Waals surface area contributed by atoms with Gasteiger partial charge in [-0.25, -0.2) is 0 Å². The molecule has 0 aliphatic heterocycles. The average molecular weight is 191 g/mol. The number of nitrogens with two attached hydrogens (primary N) is 1. The Morgan fingerprint density at radius 2 is 2.08 bits per heavy atom. The van der Waals surface area contributed by atoms with E-state index in [4.69, 9.17) is 19.9 Å². The topological polar surface area (TPSA) is 53.7 Å². The zero-order valence-electron chi connectivity index (χ0n) is 8.62. The summed E-state index contributed by atoms with van der Waals surface area (Å²) in [5.41, 5.74) is 5.26. The maximum atomic E-state index is 5.38. The maximum Gasteiger partial charge on any atom is 0.106 e. The van der Waals surface area contributed by atoms with Crippen molar-refractivity contribution in [3.05, 3.63) is 0 Å². The molecule has 0 saturated heterocycles. The minimum absolute atomic E-state index is 0.0353. The van der Waals surface area contributed by atoms with Gasteiger partial charge in [0.05, 0.1) is 19.9 Å². The summed E-state index contributed by atoms with van der Waals surface area (Å²) in [5.74, 6) is 0. The van der Waals surface area contributed by atoms with Gasteiger partial charge in [0, 0.05) is 13.7 Å². The number of ether oxygens (including phenoxy) is 3. The Labute approximate surface area is 80.3 Å². The van der Waals surface area contributed by atoms with Crippen LogP contribution in [0.5, 0.6) is 0 Å². The van der Waals surface area contributed by atoms with Gasteiger partial charge in [-0.2, -0.15) is 0 Å². The van der Waals surface area contributed by atoms with Crippen LogP contribution in [0.4, 0.5) is 0 Å². The van der Waals surface area contributed by atoms with Gasteiger partial charge in [-0.15, -0.1) is 0 Å². The quantitative estimate of drug-likeness (QED) is 0.431. The number of hydrogen-bond acceptors (Lipinski definition) is 4. The van der Waals surface area contributed by atoms with Crippen LogP contribution in [-0.4, -0.2) is 39.8 Å². The highest BCUT2D eigenvalue weighted by molar-refractivity contribution is 4.53. The highest BCUT2D eigenvalue weighted by atomic mass is 16.6. The molecular weight excluding hydrogens is 170 g/mol. The zero-order chi connectivity index (χ0) is 9.94. The van der Waals surface area contributed by atoms with Crippen molar-refractivity contribution < 1.29 is 14.2 Å².